The van der Waals surface area contributed by atoms with Crippen LogP contribution in [0.3, 0.4) is 0 Å². The minimum Gasteiger partial charge on any atom is -0.391 e. The van der Waals surface area contributed by atoms with Gasteiger partial charge in [0.2, 0.25) is 5.91 Å². The lowest BCUT2D eigenvalue weighted by molar-refractivity contribution is -0.122. The van der Waals surface area contributed by atoms with Gasteiger partial charge in [-0.2, -0.15) is 5.26 Å². The number of benzene rings is 1. The normalized spacial score (nSPS) is 22.6. The van der Waals surface area contributed by atoms with Gasteiger partial charge in [-0.3, -0.25) is 4.79 Å². The van der Waals surface area contributed by atoms with E-state index in [1.165, 1.54) is 0 Å². The van der Waals surface area contributed by atoms with Crippen LogP contribution in [-0.4, -0.2) is 23.2 Å². The van der Waals surface area contributed by atoms with Crippen molar-refractivity contribution in [1.29, 1.82) is 5.26 Å². The Morgan fingerprint density at radius 2 is 1.95 bits per heavy atom. The molecule has 0 saturated heterocycles. The third-order valence-corrected chi connectivity index (χ3v) is 3.77. The molecule has 1 aromatic rings. The molecule has 4 nitrogen and oxygen atoms in total. The number of amides is 1. The highest BCUT2D eigenvalue weighted by Gasteiger charge is 2.22. The highest BCUT2D eigenvalue weighted by atomic mass is 16.3. The molecule has 0 heterocycles. The number of carbonyl (C=O) groups is 1. The number of aliphatic hydroxyl groups is 1. The number of carbonyl (C=O) groups excluding carboxylic acids is 1. The van der Waals surface area contributed by atoms with Crippen LogP contribution in [0.5, 0.6) is 0 Å². The van der Waals surface area contributed by atoms with Gasteiger partial charge in [0.05, 0.1) is 30.2 Å². The minimum absolute atomic E-state index is 0.0688. The molecular weight excluding hydrogens is 252 g/mol. The van der Waals surface area contributed by atoms with Gasteiger partial charge in [-0.1, -0.05) is 31.4 Å². The third kappa shape index (κ3) is 4.07. The zero-order valence-electron chi connectivity index (χ0n) is 11.5. The lowest BCUT2D eigenvalue weighted by atomic mass is 10.0. The Morgan fingerprint density at radius 1 is 1.25 bits per heavy atom. The first-order valence-corrected chi connectivity index (χ1v) is 7.15. The molecule has 1 saturated carbocycles. The van der Waals surface area contributed by atoms with Crippen LogP contribution in [-0.2, 0) is 11.2 Å². The molecule has 4 heteroatoms. The summed E-state index contributed by atoms with van der Waals surface area (Å²) in [7, 11) is 0. The largest absolute Gasteiger partial charge is 0.391 e. The highest BCUT2D eigenvalue weighted by molar-refractivity contribution is 5.79. The Hall–Kier alpha value is -1.86. The van der Waals surface area contributed by atoms with Crippen molar-refractivity contribution in [2.75, 3.05) is 0 Å². The van der Waals surface area contributed by atoms with Gasteiger partial charge in [-0.15, -0.1) is 0 Å². The molecule has 0 aliphatic heterocycles. The van der Waals surface area contributed by atoms with Crippen molar-refractivity contribution in [3.63, 3.8) is 0 Å². The van der Waals surface area contributed by atoms with Crippen molar-refractivity contribution in [1.82, 2.24) is 5.32 Å². The van der Waals surface area contributed by atoms with Crippen molar-refractivity contribution < 1.29 is 9.90 Å². The number of nitrogens with one attached hydrogen (secondary N) is 1. The third-order valence-electron chi connectivity index (χ3n) is 3.77. The van der Waals surface area contributed by atoms with E-state index in [0.29, 0.717) is 5.56 Å². The van der Waals surface area contributed by atoms with Crippen LogP contribution >= 0.6 is 0 Å². The molecular formula is C16H20N2O2. The lowest BCUT2D eigenvalue weighted by Crippen LogP contribution is -2.43. The van der Waals surface area contributed by atoms with Gasteiger partial charge < -0.3 is 10.4 Å². The average molecular weight is 272 g/mol. The number of nitriles is 1. The Labute approximate surface area is 119 Å². The van der Waals surface area contributed by atoms with Crippen LogP contribution in [0.1, 0.15) is 43.2 Å². The molecule has 1 aliphatic carbocycles. The van der Waals surface area contributed by atoms with Gasteiger partial charge in [0.1, 0.15) is 0 Å². The van der Waals surface area contributed by atoms with Gasteiger partial charge in [0.25, 0.3) is 0 Å². The van der Waals surface area contributed by atoms with Gasteiger partial charge in [-0.25, -0.2) is 0 Å². The topological polar surface area (TPSA) is 73.1 Å². The smallest absolute Gasteiger partial charge is 0.224 e. The molecule has 1 amide bonds. The fourth-order valence-corrected chi connectivity index (χ4v) is 2.60. The molecule has 106 valence electrons. The van der Waals surface area contributed by atoms with E-state index in [1.807, 2.05) is 0 Å². The van der Waals surface area contributed by atoms with E-state index in [2.05, 4.69) is 11.4 Å². The number of hydrogen-bond acceptors (Lipinski definition) is 3. The number of aliphatic hydroxyl groups excluding tert-OH is 1. The maximum Gasteiger partial charge on any atom is 0.224 e. The molecule has 0 spiro atoms. The zero-order chi connectivity index (χ0) is 14.4. The summed E-state index contributed by atoms with van der Waals surface area (Å²) in [5, 5.41) is 21.6. The van der Waals surface area contributed by atoms with E-state index in [4.69, 9.17) is 5.26 Å². The number of nitrogens with zero attached hydrogens (tertiary/aromatic N) is 1. The van der Waals surface area contributed by atoms with Gasteiger partial charge in [0, 0.05) is 0 Å². The number of rotatable bonds is 3. The first-order chi connectivity index (χ1) is 9.69. The second-order valence-electron chi connectivity index (χ2n) is 5.36. The van der Waals surface area contributed by atoms with E-state index in [9.17, 15) is 9.90 Å². The van der Waals surface area contributed by atoms with E-state index in [1.54, 1.807) is 24.3 Å². The van der Waals surface area contributed by atoms with Gasteiger partial charge in [-0.05, 0) is 30.5 Å². The molecule has 2 N–H and O–H groups in total. The molecule has 20 heavy (non-hydrogen) atoms. The van der Waals surface area contributed by atoms with E-state index in [0.717, 1.165) is 37.7 Å². The maximum absolute atomic E-state index is 12.0. The molecule has 2 rings (SSSR count). The summed E-state index contributed by atoms with van der Waals surface area (Å²) in [6.45, 7) is 0. The zero-order valence-corrected chi connectivity index (χ0v) is 11.5. The van der Waals surface area contributed by atoms with E-state index >= 15 is 0 Å². The molecule has 0 bridgehead atoms. The first-order valence-electron chi connectivity index (χ1n) is 7.15. The van der Waals surface area contributed by atoms with E-state index in [-0.39, 0.29) is 18.4 Å². The molecule has 1 aromatic carbocycles. The van der Waals surface area contributed by atoms with Gasteiger partial charge in [0.15, 0.2) is 0 Å². The fraction of sp³-hybridized carbons (Fsp3) is 0.500. The molecule has 2 atom stereocenters. The van der Waals surface area contributed by atoms with Crippen LogP contribution in [0.2, 0.25) is 0 Å². The summed E-state index contributed by atoms with van der Waals surface area (Å²) in [6, 6.07) is 8.94. The highest BCUT2D eigenvalue weighted by Crippen LogP contribution is 2.18. The van der Waals surface area contributed by atoms with Crippen molar-refractivity contribution in [2.45, 2.75) is 50.7 Å². The molecule has 2 unspecified atom stereocenters. The monoisotopic (exact) mass is 272 g/mol. The van der Waals surface area contributed by atoms with Crippen molar-refractivity contribution in [3.05, 3.63) is 35.4 Å². The van der Waals surface area contributed by atoms with Crippen LogP contribution < -0.4 is 5.32 Å². The predicted molar refractivity (Wildman–Crippen MR) is 75.9 cm³/mol. The number of hydrogen-bond donors (Lipinski definition) is 2. The molecule has 1 fully saturated rings. The van der Waals surface area contributed by atoms with Crippen LogP contribution in [0.15, 0.2) is 24.3 Å². The van der Waals surface area contributed by atoms with Crippen molar-refractivity contribution in [3.8, 4) is 6.07 Å². The van der Waals surface area contributed by atoms with Crippen molar-refractivity contribution in [2.24, 2.45) is 0 Å². The summed E-state index contributed by atoms with van der Waals surface area (Å²) < 4.78 is 0. The second-order valence-corrected chi connectivity index (χ2v) is 5.36. The van der Waals surface area contributed by atoms with Crippen LogP contribution in [0.25, 0.3) is 0 Å². The summed E-state index contributed by atoms with van der Waals surface area (Å²) in [6.07, 6.45) is 4.68. The summed E-state index contributed by atoms with van der Waals surface area (Å²) in [4.78, 5) is 12.0. The average Bonchev–Trinajstić information content (AvgIpc) is 2.65. The molecule has 0 radical (unpaired) electrons. The maximum atomic E-state index is 12.0. The summed E-state index contributed by atoms with van der Waals surface area (Å²) in [5.41, 5.74) is 1.47. The summed E-state index contributed by atoms with van der Waals surface area (Å²) in [5.74, 6) is -0.0688. The van der Waals surface area contributed by atoms with Crippen molar-refractivity contribution >= 4 is 5.91 Å². The quantitative estimate of drug-likeness (QED) is 0.825. The standard InChI is InChI=1S/C16H20N2O2/c17-11-13-8-6-12(7-9-13)10-16(20)18-14-4-2-1-3-5-15(14)19/h6-9,14-15,19H,1-5,10H2,(H,18,20). The summed E-state index contributed by atoms with van der Waals surface area (Å²) >= 11 is 0. The van der Waals surface area contributed by atoms with Crippen LogP contribution in [0.4, 0.5) is 0 Å². The van der Waals surface area contributed by atoms with Crippen LogP contribution in [0, 0.1) is 11.3 Å². The lowest BCUT2D eigenvalue weighted by Gasteiger charge is -2.21. The Kier molecular flexibility index (Phi) is 5.14. The van der Waals surface area contributed by atoms with Gasteiger partial charge >= 0.3 is 0 Å². The Morgan fingerprint density at radius 3 is 2.65 bits per heavy atom. The SMILES string of the molecule is N#Cc1ccc(CC(=O)NC2CCCCCC2O)cc1. The fourth-order valence-electron chi connectivity index (χ4n) is 2.60. The molecule has 1 aliphatic rings. The molecule has 0 aromatic heterocycles. The predicted octanol–water partition coefficient (Wildman–Crippen LogP) is 1.91. The Balaban J connectivity index is 1.89. The Bertz CT molecular complexity index is 490. The first kappa shape index (κ1) is 14.5. The second kappa shape index (κ2) is 7.06. The van der Waals surface area contributed by atoms with E-state index < -0.39 is 6.10 Å². The minimum atomic E-state index is -0.428.